The summed E-state index contributed by atoms with van der Waals surface area (Å²) in [6.07, 6.45) is 0.942. The minimum Gasteiger partial charge on any atom is -0.486 e. The molecule has 194 valence electrons. The van der Waals surface area contributed by atoms with Crippen LogP contribution in [0.4, 0.5) is 16.6 Å². The lowest BCUT2D eigenvalue weighted by Crippen LogP contribution is -2.33. The number of nitrogens with one attached hydrogen (secondary N) is 1. The number of ether oxygens (including phenoxy) is 2. The number of rotatable bonds is 10. The van der Waals surface area contributed by atoms with E-state index in [-0.39, 0.29) is 18.6 Å². The lowest BCUT2D eigenvalue weighted by molar-refractivity contribution is 0.0754. The molecule has 0 fully saturated rings. The van der Waals surface area contributed by atoms with Crippen molar-refractivity contribution in [3.05, 3.63) is 77.5 Å². The number of benzene rings is 2. The molecular weight excluding hydrogens is 472 g/mol. The van der Waals surface area contributed by atoms with Crippen LogP contribution in [0.5, 0.6) is 5.75 Å². The summed E-state index contributed by atoms with van der Waals surface area (Å²) >= 11 is 0. The Kier molecular flexibility index (Phi) is 8.40. The molecule has 3 N–H and O–H groups in total. The van der Waals surface area contributed by atoms with Crippen molar-refractivity contribution >= 4 is 23.8 Å². The van der Waals surface area contributed by atoms with E-state index in [0.717, 1.165) is 11.1 Å². The molecule has 0 saturated carbocycles. The molecule has 3 aromatic rings. The van der Waals surface area contributed by atoms with E-state index in [2.05, 4.69) is 15.3 Å². The molecule has 0 spiro atoms. The SMILES string of the molecule is CCNc1ncc2c(n1)N(C)CCN(Cc1ccc(OC(CCOC(N)=O)c3ccccc3)cc1)C2=O. The summed E-state index contributed by atoms with van der Waals surface area (Å²) in [6, 6.07) is 17.4. The first-order valence-electron chi connectivity index (χ1n) is 12.3. The monoisotopic (exact) mass is 504 g/mol. The lowest BCUT2D eigenvalue weighted by Gasteiger charge is -2.22. The number of hydrogen-bond acceptors (Lipinski definition) is 8. The Hall–Kier alpha value is -4.34. The van der Waals surface area contributed by atoms with E-state index >= 15 is 0 Å². The van der Waals surface area contributed by atoms with Crippen molar-refractivity contribution in [3.8, 4) is 5.75 Å². The van der Waals surface area contributed by atoms with E-state index in [0.29, 0.717) is 55.7 Å². The van der Waals surface area contributed by atoms with Gasteiger partial charge in [0, 0.05) is 45.8 Å². The minimum absolute atomic E-state index is 0.0960. The fourth-order valence-corrected chi connectivity index (χ4v) is 4.14. The van der Waals surface area contributed by atoms with Crippen LogP contribution in [0.25, 0.3) is 0 Å². The zero-order chi connectivity index (χ0) is 26.2. The number of nitrogens with zero attached hydrogens (tertiary/aromatic N) is 4. The molecule has 1 unspecified atom stereocenters. The first-order valence-corrected chi connectivity index (χ1v) is 12.3. The first kappa shape index (κ1) is 25.7. The predicted molar refractivity (Wildman–Crippen MR) is 141 cm³/mol. The number of fused-ring (bicyclic) bond motifs is 1. The van der Waals surface area contributed by atoms with Crippen molar-refractivity contribution in [3.63, 3.8) is 0 Å². The number of nitrogens with two attached hydrogens (primary N) is 1. The molecule has 1 atom stereocenters. The molecule has 0 bridgehead atoms. The molecule has 1 aliphatic rings. The van der Waals surface area contributed by atoms with Crippen LogP contribution in [0.3, 0.4) is 0 Å². The molecule has 1 aromatic heterocycles. The Labute approximate surface area is 216 Å². The molecule has 0 saturated heterocycles. The summed E-state index contributed by atoms with van der Waals surface area (Å²) in [7, 11) is 1.93. The maximum Gasteiger partial charge on any atom is 0.404 e. The van der Waals surface area contributed by atoms with Crippen LogP contribution in [-0.4, -0.2) is 60.2 Å². The highest BCUT2D eigenvalue weighted by Gasteiger charge is 2.27. The van der Waals surface area contributed by atoms with E-state index in [1.54, 1.807) is 6.20 Å². The number of carbonyl (C=O) groups excluding carboxylic acids is 2. The number of aromatic nitrogens is 2. The number of carbonyl (C=O) groups is 2. The van der Waals surface area contributed by atoms with Crippen molar-refractivity contribution < 1.29 is 19.1 Å². The summed E-state index contributed by atoms with van der Waals surface area (Å²) in [4.78, 5) is 36.9. The van der Waals surface area contributed by atoms with Gasteiger partial charge in [0.15, 0.2) is 0 Å². The molecule has 0 radical (unpaired) electrons. The standard InChI is InChI=1S/C27H32N6O4/c1-3-29-27-30-17-22-24(31-27)32(2)14-15-33(25(22)34)18-19-9-11-21(12-10-19)37-23(13-16-36-26(28)35)20-7-5-4-6-8-20/h4-12,17,23H,3,13-16,18H2,1-2H3,(H2,28,35)(H,29,30,31). The highest BCUT2D eigenvalue weighted by Crippen LogP contribution is 2.27. The average Bonchev–Trinajstić information content (AvgIpc) is 3.01. The molecule has 4 rings (SSSR count). The zero-order valence-electron chi connectivity index (χ0n) is 21.1. The second kappa shape index (κ2) is 12.1. The molecule has 10 heteroatoms. The number of hydrogen-bond donors (Lipinski definition) is 2. The summed E-state index contributed by atoms with van der Waals surface area (Å²) in [5.74, 6) is 1.73. The van der Waals surface area contributed by atoms with Crippen molar-refractivity contribution in [2.45, 2.75) is 26.0 Å². The van der Waals surface area contributed by atoms with Gasteiger partial charge in [-0.1, -0.05) is 42.5 Å². The Morgan fingerprint density at radius 3 is 2.59 bits per heavy atom. The Morgan fingerprint density at radius 2 is 1.89 bits per heavy atom. The number of anilines is 2. The maximum absolute atomic E-state index is 13.3. The van der Waals surface area contributed by atoms with Gasteiger partial charge in [0.05, 0.1) is 6.61 Å². The Morgan fingerprint density at radius 1 is 1.14 bits per heavy atom. The number of amides is 2. The smallest absolute Gasteiger partial charge is 0.404 e. The maximum atomic E-state index is 13.3. The molecule has 2 aromatic carbocycles. The van der Waals surface area contributed by atoms with Crippen molar-refractivity contribution in [1.29, 1.82) is 0 Å². The van der Waals surface area contributed by atoms with Crippen LogP contribution in [0.15, 0.2) is 60.8 Å². The van der Waals surface area contributed by atoms with Gasteiger partial charge in [-0.15, -0.1) is 0 Å². The Balaban J connectivity index is 1.44. The molecule has 10 nitrogen and oxygen atoms in total. The highest BCUT2D eigenvalue weighted by atomic mass is 16.5. The average molecular weight is 505 g/mol. The van der Waals surface area contributed by atoms with Crippen LogP contribution in [0.1, 0.15) is 40.9 Å². The minimum atomic E-state index is -0.808. The molecule has 2 heterocycles. The third kappa shape index (κ3) is 6.66. The van der Waals surface area contributed by atoms with Gasteiger partial charge in [-0.3, -0.25) is 4.79 Å². The second-order valence-corrected chi connectivity index (χ2v) is 8.73. The van der Waals surface area contributed by atoms with Gasteiger partial charge in [0.25, 0.3) is 5.91 Å². The normalized spacial score (nSPS) is 13.9. The molecular formula is C27H32N6O4. The molecule has 0 aliphatic carbocycles. The second-order valence-electron chi connectivity index (χ2n) is 8.73. The fourth-order valence-electron chi connectivity index (χ4n) is 4.14. The largest absolute Gasteiger partial charge is 0.486 e. The molecule has 37 heavy (non-hydrogen) atoms. The van der Waals surface area contributed by atoms with Crippen LogP contribution in [0, 0.1) is 0 Å². The molecule has 2 amide bonds. The van der Waals surface area contributed by atoms with Crippen LogP contribution >= 0.6 is 0 Å². The van der Waals surface area contributed by atoms with Gasteiger partial charge in [-0.25, -0.2) is 9.78 Å². The first-order chi connectivity index (χ1) is 17.9. The third-order valence-corrected chi connectivity index (χ3v) is 6.06. The third-order valence-electron chi connectivity index (χ3n) is 6.06. The van der Waals surface area contributed by atoms with E-state index in [4.69, 9.17) is 15.2 Å². The Bertz CT molecular complexity index is 1210. The fraction of sp³-hybridized carbons (Fsp3) is 0.333. The summed E-state index contributed by atoms with van der Waals surface area (Å²) in [5, 5.41) is 3.10. The van der Waals surface area contributed by atoms with Gasteiger partial charge in [-0.05, 0) is 30.2 Å². The number of primary amides is 1. The van der Waals surface area contributed by atoms with E-state index < -0.39 is 6.09 Å². The topological polar surface area (TPSA) is 123 Å². The van der Waals surface area contributed by atoms with Crippen LogP contribution in [-0.2, 0) is 11.3 Å². The summed E-state index contributed by atoms with van der Waals surface area (Å²) in [6.45, 7) is 4.51. The number of likely N-dealkylation sites (N-methyl/N-ethyl adjacent to an activating group) is 1. The van der Waals surface area contributed by atoms with Gasteiger partial charge in [-0.2, -0.15) is 4.98 Å². The highest BCUT2D eigenvalue weighted by molar-refractivity contribution is 5.99. The van der Waals surface area contributed by atoms with Gasteiger partial charge >= 0.3 is 6.09 Å². The van der Waals surface area contributed by atoms with E-state index in [1.165, 1.54) is 0 Å². The van der Waals surface area contributed by atoms with Crippen LogP contribution < -0.4 is 20.7 Å². The van der Waals surface area contributed by atoms with Crippen molar-refractivity contribution in [1.82, 2.24) is 14.9 Å². The zero-order valence-corrected chi connectivity index (χ0v) is 21.1. The van der Waals surface area contributed by atoms with Gasteiger partial charge < -0.3 is 30.3 Å². The van der Waals surface area contributed by atoms with E-state index in [9.17, 15) is 9.59 Å². The quantitative estimate of drug-likeness (QED) is 0.429. The summed E-state index contributed by atoms with van der Waals surface area (Å²) in [5.41, 5.74) is 7.53. The van der Waals surface area contributed by atoms with Crippen LogP contribution in [0.2, 0.25) is 0 Å². The van der Waals surface area contributed by atoms with Gasteiger partial charge in [0.2, 0.25) is 5.95 Å². The predicted octanol–water partition coefficient (Wildman–Crippen LogP) is 3.61. The lowest BCUT2D eigenvalue weighted by atomic mass is 10.1. The van der Waals surface area contributed by atoms with Crippen molar-refractivity contribution in [2.75, 3.05) is 43.5 Å². The molecule has 1 aliphatic heterocycles. The van der Waals surface area contributed by atoms with E-state index in [1.807, 2.05) is 78.4 Å². The van der Waals surface area contributed by atoms with Gasteiger partial charge in [0.1, 0.15) is 23.2 Å². The summed E-state index contributed by atoms with van der Waals surface area (Å²) < 4.78 is 11.1. The van der Waals surface area contributed by atoms with Crippen molar-refractivity contribution in [2.24, 2.45) is 5.73 Å².